The summed E-state index contributed by atoms with van der Waals surface area (Å²) < 4.78 is 0. The summed E-state index contributed by atoms with van der Waals surface area (Å²) in [4.78, 5) is 2.80. The lowest BCUT2D eigenvalue weighted by Gasteiger charge is -2.42. The lowest BCUT2D eigenvalue weighted by molar-refractivity contribution is 0.0967. The highest BCUT2D eigenvalue weighted by molar-refractivity contribution is 4.97. The molecule has 0 aromatic rings. The quantitative estimate of drug-likeness (QED) is 0.765. The first kappa shape index (κ1) is 13.4. The molecule has 0 radical (unpaired) electrons. The highest BCUT2D eigenvalue weighted by atomic mass is 15.2. The van der Waals surface area contributed by atoms with Crippen LogP contribution in [0.1, 0.15) is 59.3 Å². The van der Waals surface area contributed by atoms with Crippen LogP contribution in [0.3, 0.4) is 0 Å². The van der Waals surface area contributed by atoms with E-state index in [-0.39, 0.29) is 0 Å². The van der Waals surface area contributed by atoms with Crippen molar-refractivity contribution in [2.45, 2.75) is 71.4 Å². The molecule has 1 saturated carbocycles. The van der Waals surface area contributed by atoms with Gasteiger partial charge in [-0.2, -0.15) is 0 Å². The van der Waals surface area contributed by atoms with Crippen LogP contribution < -0.4 is 5.32 Å². The average Bonchev–Trinajstić information content (AvgIpc) is 3.10. The fourth-order valence-electron chi connectivity index (χ4n) is 3.30. The Balaban J connectivity index is 1.90. The van der Waals surface area contributed by atoms with Gasteiger partial charge in [0.15, 0.2) is 0 Å². The molecule has 2 atom stereocenters. The number of hydrogen-bond donors (Lipinski definition) is 1. The lowest BCUT2D eigenvalue weighted by atomic mass is 9.98. The fourth-order valence-corrected chi connectivity index (χ4v) is 3.30. The van der Waals surface area contributed by atoms with Crippen LogP contribution in [0, 0.1) is 5.41 Å². The molecule has 1 N–H and O–H groups in total. The summed E-state index contributed by atoms with van der Waals surface area (Å²) in [6.07, 6.45) is 8.27. The predicted molar refractivity (Wildman–Crippen MR) is 74.3 cm³/mol. The van der Waals surface area contributed by atoms with Gasteiger partial charge in [-0.15, -0.1) is 0 Å². The van der Waals surface area contributed by atoms with Gasteiger partial charge in [0, 0.05) is 31.7 Å². The molecule has 0 spiro atoms. The molecular weight excluding hydrogens is 208 g/mol. The van der Waals surface area contributed by atoms with Crippen molar-refractivity contribution >= 4 is 0 Å². The van der Waals surface area contributed by atoms with Crippen molar-refractivity contribution in [3.05, 3.63) is 0 Å². The third kappa shape index (κ3) is 3.23. The molecular formula is C15H30N2. The third-order valence-electron chi connectivity index (χ3n) is 4.97. The largest absolute Gasteiger partial charge is 0.311 e. The Hall–Kier alpha value is -0.0800. The average molecular weight is 238 g/mol. The van der Waals surface area contributed by atoms with Gasteiger partial charge in [-0.1, -0.05) is 27.2 Å². The molecule has 2 nitrogen and oxygen atoms in total. The highest BCUT2D eigenvalue weighted by Crippen LogP contribution is 2.49. The van der Waals surface area contributed by atoms with E-state index in [0.29, 0.717) is 5.41 Å². The molecule has 100 valence electrons. The second-order valence-electron chi connectivity index (χ2n) is 6.24. The highest BCUT2D eigenvalue weighted by Gasteiger charge is 2.43. The summed E-state index contributed by atoms with van der Waals surface area (Å²) in [6, 6.07) is 1.53. The van der Waals surface area contributed by atoms with E-state index >= 15 is 0 Å². The maximum atomic E-state index is 3.73. The molecule has 1 aliphatic carbocycles. The molecule has 0 aromatic carbocycles. The summed E-state index contributed by atoms with van der Waals surface area (Å²) in [5.74, 6) is 0. The summed E-state index contributed by atoms with van der Waals surface area (Å²) in [5.41, 5.74) is 0.710. The molecule has 2 fully saturated rings. The third-order valence-corrected chi connectivity index (χ3v) is 4.97. The summed E-state index contributed by atoms with van der Waals surface area (Å²) in [5, 5.41) is 3.73. The Bertz CT molecular complexity index is 235. The zero-order valence-electron chi connectivity index (χ0n) is 12.0. The number of rotatable bonds is 6. The van der Waals surface area contributed by atoms with Crippen LogP contribution in [-0.4, -0.2) is 36.6 Å². The van der Waals surface area contributed by atoms with E-state index in [9.17, 15) is 0 Å². The zero-order chi connectivity index (χ0) is 12.3. The molecule has 1 heterocycles. The molecule has 0 amide bonds. The molecule has 2 unspecified atom stereocenters. The van der Waals surface area contributed by atoms with Crippen LogP contribution in [0.5, 0.6) is 0 Å². The van der Waals surface area contributed by atoms with Gasteiger partial charge in [-0.25, -0.2) is 0 Å². The minimum Gasteiger partial charge on any atom is -0.311 e. The minimum absolute atomic E-state index is 0.710. The van der Waals surface area contributed by atoms with Crippen molar-refractivity contribution in [3.63, 3.8) is 0 Å². The summed E-state index contributed by atoms with van der Waals surface area (Å²) in [6.45, 7) is 10.9. The van der Waals surface area contributed by atoms with Crippen LogP contribution in [0.2, 0.25) is 0 Å². The van der Waals surface area contributed by atoms with Crippen molar-refractivity contribution in [1.29, 1.82) is 0 Å². The molecule has 0 bridgehead atoms. The number of nitrogens with one attached hydrogen (secondary N) is 1. The van der Waals surface area contributed by atoms with Crippen molar-refractivity contribution in [2.75, 3.05) is 19.6 Å². The van der Waals surface area contributed by atoms with Gasteiger partial charge in [0.25, 0.3) is 0 Å². The van der Waals surface area contributed by atoms with E-state index in [1.807, 2.05) is 0 Å². The summed E-state index contributed by atoms with van der Waals surface area (Å²) >= 11 is 0. The molecule has 17 heavy (non-hydrogen) atoms. The van der Waals surface area contributed by atoms with Gasteiger partial charge in [0.05, 0.1) is 0 Å². The smallest absolute Gasteiger partial charge is 0.0219 e. The molecule has 2 heteroatoms. The Labute approximate surface area is 107 Å². The van der Waals surface area contributed by atoms with E-state index in [4.69, 9.17) is 0 Å². The van der Waals surface area contributed by atoms with Crippen LogP contribution in [0.15, 0.2) is 0 Å². The van der Waals surface area contributed by atoms with Gasteiger partial charge >= 0.3 is 0 Å². The van der Waals surface area contributed by atoms with Crippen LogP contribution in [0.4, 0.5) is 0 Å². The van der Waals surface area contributed by atoms with Crippen molar-refractivity contribution in [1.82, 2.24) is 10.2 Å². The number of piperazine rings is 1. The van der Waals surface area contributed by atoms with Crippen molar-refractivity contribution in [2.24, 2.45) is 5.41 Å². The van der Waals surface area contributed by atoms with Gasteiger partial charge in [0.2, 0.25) is 0 Å². The molecule has 1 saturated heterocycles. The Morgan fingerprint density at radius 2 is 2.00 bits per heavy atom. The van der Waals surface area contributed by atoms with Gasteiger partial charge < -0.3 is 5.32 Å². The minimum atomic E-state index is 0.710. The van der Waals surface area contributed by atoms with E-state index in [1.165, 1.54) is 58.2 Å². The second kappa shape index (κ2) is 5.71. The Morgan fingerprint density at radius 3 is 2.53 bits per heavy atom. The maximum absolute atomic E-state index is 3.73. The predicted octanol–water partition coefficient (Wildman–Crippen LogP) is 3.03. The number of hydrogen-bond acceptors (Lipinski definition) is 2. The first-order valence-corrected chi connectivity index (χ1v) is 7.70. The Morgan fingerprint density at radius 1 is 1.24 bits per heavy atom. The van der Waals surface area contributed by atoms with Crippen LogP contribution >= 0.6 is 0 Å². The van der Waals surface area contributed by atoms with Crippen molar-refractivity contribution < 1.29 is 0 Å². The van der Waals surface area contributed by atoms with Gasteiger partial charge in [-0.05, 0) is 37.5 Å². The topological polar surface area (TPSA) is 15.3 Å². The first-order chi connectivity index (χ1) is 8.23. The summed E-state index contributed by atoms with van der Waals surface area (Å²) in [7, 11) is 0. The second-order valence-corrected chi connectivity index (χ2v) is 6.24. The van der Waals surface area contributed by atoms with Crippen molar-refractivity contribution in [3.8, 4) is 0 Å². The van der Waals surface area contributed by atoms with E-state index in [1.54, 1.807) is 0 Å². The molecule has 0 aromatic heterocycles. The first-order valence-electron chi connectivity index (χ1n) is 7.70. The van der Waals surface area contributed by atoms with Crippen LogP contribution in [-0.2, 0) is 0 Å². The molecule has 1 aliphatic heterocycles. The zero-order valence-corrected chi connectivity index (χ0v) is 12.0. The fraction of sp³-hybridized carbons (Fsp3) is 1.00. The van der Waals surface area contributed by atoms with E-state index < -0.39 is 0 Å². The van der Waals surface area contributed by atoms with Crippen LogP contribution in [0.25, 0.3) is 0 Å². The SMILES string of the molecule is CCCC1CN(CC2(CC)CC2)C(CC)CN1. The maximum Gasteiger partial charge on any atom is 0.0219 e. The van der Waals surface area contributed by atoms with E-state index in [2.05, 4.69) is 31.0 Å². The normalized spacial score (nSPS) is 32.6. The molecule has 2 rings (SSSR count). The van der Waals surface area contributed by atoms with E-state index in [0.717, 1.165) is 12.1 Å². The lowest BCUT2D eigenvalue weighted by Crippen LogP contribution is -2.57. The monoisotopic (exact) mass is 238 g/mol. The van der Waals surface area contributed by atoms with Gasteiger partial charge in [-0.3, -0.25) is 4.90 Å². The Kier molecular flexibility index (Phi) is 4.48. The number of nitrogens with zero attached hydrogens (tertiary/aromatic N) is 1. The molecule has 2 aliphatic rings. The standard InChI is InChI=1S/C15H30N2/c1-4-7-13-11-17(14(5-2)10-16-13)12-15(6-3)8-9-15/h13-14,16H,4-12H2,1-3H3. The van der Waals surface area contributed by atoms with Gasteiger partial charge in [0.1, 0.15) is 0 Å².